The molecule has 0 saturated carbocycles. The van der Waals surface area contributed by atoms with Crippen LogP contribution in [0.15, 0.2) is 69.9 Å². The molecule has 0 aliphatic carbocycles. The fraction of sp³-hybridized carbons (Fsp3) is 0.120. The SMILES string of the molecule is Cc1cc2oc(-c3ccc(Cl)cc3)c(OCc3ccc(C(=O)O)cc3)c(=O)c2cc1C. The first-order chi connectivity index (χ1) is 14.8. The van der Waals surface area contributed by atoms with Gasteiger partial charge < -0.3 is 14.3 Å². The summed E-state index contributed by atoms with van der Waals surface area (Å²) in [6, 6.07) is 16.9. The molecule has 0 aliphatic heterocycles. The summed E-state index contributed by atoms with van der Waals surface area (Å²) in [4.78, 5) is 24.4. The zero-order valence-corrected chi connectivity index (χ0v) is 17.7. The number of carbonyl (C=O) groups is 1. The van der Waals surface area contributed by atoms with Crippen molar-refractivity contribution < 1.29 is 19.1 Å². The van der Waals surface area contributed by atoms with Crippen molar-refractivity contribution in [1.29, 1.82) is 0 Å². The molecule has 1 N–H and O–H groups in total. The number of hydrogen-bond acceptors (Lipinski definition) is 4. The minimum Gasteiger partial charge on any atom is -0.481 e. The molecule has 4 aromatic rings. The standard InChI is InChI=1S/C25H19ClO5/c1-14-11-20-21(12-15(14)2)31-23(17-7-9-19(26)10-8-17)24(22(20)27)30-13-16-3-5-18(6-4-16)25(28)29/h3-12H,13H2,1-2H3,(H,28,29). The average Bonchev–Trinajstić information content (AvgIpc) is 2.75. The predicted octanol–water partition coefficient (Wildman–Crippen LogP) is 6.01. The molecule has 0 radical (unpaired) electrons. The van der Waals surface area contributed by atoms with E-state index in [2.05, 4.69) is 0 Å². The van der Waals surface area contributed by atoms with Gasteiger partial charge >= 0.3 is 5.97 Å². The molecule has 0 atom stereocenters. The maximum Gasteiger partial charge on any atom is 0.335 e. The van der Waals surface area contributed by atoms with Crippen LogP contribution in [0.1, 0.15) is 27.0 Å². The van der Waals surface area contributed by atoms with Crippen LogP contribution in [0.3, 0.4) is 0 Å². The van der Waals surface area contributed by atoms with E-state index in [1.54, 1.807) is 42.5 Å². The van der Waals surface area contributed by atoms with Crippen molar-refractivity contribution in [1.82, 2.24) is 0 Å². The number of benzene rings is 3. The van der Waals surface area contributed by atoms with Gasteiger partial charge in [0.15, 0.2) is 5.76 Å². The van der Waals surface area contributed by atoms with Gasteiger partial charge in [-0.2, -0.15) is 0 Å². The zero-order valence-electron chi connectivity index (χ0n) is 16.9. The first-order valence-corrected chi connectivity index (χ1v) is 10.0. The monoisotopic (exact) mass is 434 g/mol. The largest absolute Gasteiger partial charge is 0.481 e. The van der Waals surface area contributed by atoms with Crippen LogP contribution in [0.25, 0.3) is 22.3 Å². The number of ether oxygens (including phenoxy) is 1. The number of fused-ring (bicyclic) bond motifs is 1. The predicted molar refractivity (Wildman–Crippen MR) is 120 cm³/mol. The first-order valence-electron chi connectivity index (χ1n) is 9.62. The normalized spacial score (nSPS) is 10.9. The Kier molecular flexibility index (Phi) is 5.53. The van der Waals surface area contributed by atoms with Gasteiger partial charge in [-0.05, 0) is 79.1 Å². The lowest BCUT2D eigenvalue weighted by Gasteiger charge is -2.13. The number of halogens is 1. The molecule has 31 heavy (non-hydrogen) atoms. The highest BCUT2D eigenvalue weighted by Crippen LogP contribution is 2.33. The van der Waals surface area contributed by atoms with Crippen molar-refractivity contribution in [3.8, 4) is 17.1 Å². The van der Waals surface area contributed by atoms with Crippen LogP contribution in [-0.2, 0) is 6.61 Å². The van der Waals surface area contributed by atoms with E-state index in [9.17, 15) is 9.59 Å². The fourth-order valence-corrected chi connectivity index (χ4v) is 3.38. The van der Waals surface area contributed by atoms with Crippen LogP contribution < -0.4 is 10.2 Å². The molecule has 0 aliphatic rings. The Morgan fingerprint density at radius 1 is 1.00 bits per heavy atom. The molecule has 0 spiro atoms. The van der Waals surface area contributed by atoms with Gasteiger partial charge in [-0.25, -0.2) is 4.79 Å². The van der Waals surface area contributed by atoms with Crippen LogP contribution in [0.5, 0.6) is 5.75 Å². The summed E-state index contributed by atoms with van der Waals surface area (Å²) in [7, 11) is 0. The van der Waals surface area contributed by atoms with E-state index in [1.165, 1.54) is 12.1 Å². The number of rotatable bonds is 5. The summed E-state index contributed by atoms with van der Waals surface area (Å²) < 4.78 is 12.1. The molecule has 4 rings (SSSR count). The number of aryl methyl sites for hydroxylation is 2. The molecule has 0 fully saturated rings. The number of aromatic carboxylic acids is 1. The van der Waals surface area contributed by atoms with Crippen molar-refractivity contribution in [3.05, 3.63) is 98.2 Å². The van der Waals surface area contributed by atoms with Gasteiger partial charge in [0.1, 0.15) is 12.2 Å². The van der Waals surface area contributed by atoms with E-state index < -0.39 is 5.97 Å². The van der Waals surface area contributed by atoms with Gasteiger partial charge in [-0.1, -0.05) is 23.7 Å². The third-order valence-corrected chi connectivity index (χ3v) is 5.41. The first kappa shape index (κ1) is 20.7. The minimum absolute atomic E-state index is 0.0849. The van der Waals surface area contributed by atoms with E-state index >= 15 is 0 Å². The van der Waals surface area contributed by atoms with E-state index in [1.807, 2.05) is 19.9 Å². The molecule has 156 valence electrons. The molecule has 0 unspecified atom stereocenters. The minimum atomic E-state index is -1.00. The quantitative estimate of drug-likeness (QED) is 0.416. The zero-order chi connectivity index (χ0) is 22.1. The lowest BCUT2D eigenvalue weighted by atomic mass is 10.0. The topological polar surface area (TPSA) is 76.7 Å². The van der Waals surface area contributed by atoms with E-state index in [-0.39, 0.29) is 23.3 Å². The molecule has 3 aromatic carbocycles. The van der Waals surface area contributed by atoms with Crippen LogP contribution >= 0.6 is 11.6 Å². The summed E-state index contributed by atoms with van der Waals surface area (Å²) in [5.41, 5.74) is 3.79. The summed E-state index contributed by atoms with van der Waals surface area (Å²) in [6.45, 7) is 3.98. The maximum absolute atomic E-state index is 13.3. The number of hydrogen-bond donors (Lipinski definition) is 1. The lowest BCUT2D eigenvalue weighted by molar-refractivity contribution is 0.0697. The molecule has 1 aromatic heterocycles. The third kappa shape index (κ3) is 4.18. The van der Waals surface area contributed by atoms with E-state index in [4.69, 9.17) is 25.9 Å². The third-order valence-electron chi connectivity index (χ3n) is 5.16. The summed E-state index contributed by atoms with van der Waals surface area (Å²) in [5, 5.41) is 10.1. The average molecular weight is 435 g/mol. The highest BCUT2D eigenvalue weighted by molar-refractivity contribution is 6.30. The number of carboxylic acids is 1. The summed E-state index contributed by atoms with van der Waals surface area (Å²) in [5.74, 6) is -0.585. The fourth-order valence-electron chi connectivity index (χ4n) is 3.25. The van der Waals surface area contributed by atoms with Crippen molar-refractivity contribution in [3.63, 3.8) is 0 Å². The molecular formula is C25H19ClO5. The van der Waals surface area contributed by atoms with Gasteiger partial charge in [0.25, 0.3) is 0 Å². The van der Waals surface area contributed by atoms with Gasteiger partial charge in [-0.15, -0.1) is 0 Å². The van der Waals surface area contributed by atoms with Gasteiger partial charge in [0, 0.05) is 10.6 Å². The molecular weight excluding hydrogens is 416 g/mol. The second kappa shape index (κ2) is 8.28. The Bertz CT molecular complexity index is 1340. The Morgan fingerprint density at radius 3 is 2.29 bits per heavy atom. The van der Waals surface area contributed by atoms with Crippen LogP contribution in [0.4, 0.5) is 0 Å². The molecule has 0 amide bonds. The van der Waals surface area contributed by atoms with Crippen LogP contribution in [-0.4, -0.2) is 11.1 Å². The van der Waals surface area contributed by atoms with E-state index in [0.717, 1.165) is 16.7 Å². The van der Waals surface area contributed by atoms with Crippen molar-refractivity contribution in [2.75, 3.05) is 0 Å². The highest BCUT2D eigenvalue weighted by Gasteiger charge is 2.19. The second-order valence-electron chi connectivity index (χ2n) is 7.32. The van der Waals surface area contributed by atoms with Crippen LogP contribution in [0, 0.1) is 13.8 Å². The van der Waals surface area contributed by atoms with Gasteiger partial charge in [0.05, 0.1) is 10.9 Å². The maximum atomic E-state index is 13.3. The number of carboxylic acid groups (broad SMARTS) is 1. The van der Waals surface area contributed by atoms with Crippen molar-refractivity contribution >= 4 is 28.5 Å². The van der Waals surface area contributed by atoms with Crippen LogP contribution in [0.2, 0.25) is 5.02 Å². The summed E-state index contributed by atoms with van der Waals surface area (Å²) >= 11 is 6.01. The highest BCUT2D eigenvalue weighted by atomic mass is 35.5. The molecule has 0 bridgehead atoms. The second-order valence-corrected chi connectivity index (χ2v) is 7.76. The Balaban J connectivity index is 1.81. The van der Waals surface area contributed by atoms with Gasteiger partial charge in [0.2, 0.25) is 11.2 Å². The lowest BCUT2D eigenvalue weighted by Crippen LogP contribution is -2.11. The molecule has 0 saturated heterocycles. The van der Waals surface area contributed by atoms with Gasteiger partial charge in [-0.3, -0.25) is 4.79 Å². The van der Waals surface area contributed by atoms with E-state index in [0.29, 0.717) is 27.3 Å². The Labute approximate surface area is 183 Å². The Hall–Kier alpha value is -3.57. The molecule has 5 nitrogen and oxygen atoms in total. The van der Waals surface area contributed by atoms with Crippen molar-refractivity contribution in [2.24, 2.45) is 0 Å². The van der Waals surface area contributed by atoms with Crippen molar-refractivity contribution in [2.45, 2.75) is 20.5 Å². The molecule has 1 heterocycles. The molecule has 6 heteroatoms. The smallest absolute Gasteiger partial charge is 0.335 e. The summed E-state index contributed by atoms with van der Waals surface area (Å²) in [6.07, 6.45) is 0. The Morgan fingerprint density at radius 2 is 1.65 bits per heavy atom.